The highest BCUT2D eigenvalue weighted by atomic mass is 16.5. The molecule has 0 heterocycles. The Kier molecular flexibility index (Phi) is 3.89. The highest BCUT2D eigenvalue weighted by molar-refractivity contribution is 5.48. The van der Waals surface area contributed by atoms with Crippen LogP contribution in [0.5, 0.6) is 5.75 Å². The third-order valence-corrected chi connectivity index (χ3v) is 1.73. The molecule has 0 aliphatic rings. The third-order valence-electron chi connectivity index (χ3n) is 1.73. The van der Waals surface area contributed by atoms with E-state index in [4.69, 9.17) is 4.74 Å². The van der Waals surface area contributed by atoms with Gasteiger partial charge in [-0.2, -0.15) is 0 Å². The van der Waals surface area contributed by atoms with Gasteiger partial charge < -0.3 is 10.1 Å². The first-order valence-electron chi connectivity index (χ1n) is 4.36. The molecule has 0 fully saturated rings. The molecule has 0 saturated heterocycles. The van der Waals surface area contributed by atoms with Crippen LogP contribution >= 0.6 is 0 Å². The van der Waals surface area contributed by atoms with Crippen LogP contribution in [0.15, 0.2) is 36.4 Å². The van der Waals surface area contributed by atoms with Gasteiger partial charge in [-0.15, -0.1) is 0 Å². The Morgan fingerprint density at radius 2 is 2.31 bits per heavy atom. The summed E-state index contributed by atoms with van der Waals surface area (Å²) < 4.78 is 5.10. The second-order valence-electron chi connectivity index (χ2n) is 2.68. The highest BCUT2D eigenvalue weighted by Crippen LogP contribution is 2.16. The number of hydrogen-bond acceptors (Lipinski definition) is 2. The van der Waals surface area contributed by atoms with Crippen molar-refractivity contribution < 1.29 is 4.74 Å². The standard InChI is InChI=1S/C11H15NO/c1-3-4-8-12-10-6-5-7-11(9-10)13-2/h3-7,9,12H,8H2,1-2H3/b4-3+. The molecular formula is C11H15NO. The Bertz CT molecular complexity index is 281. The smallest absolute Gasteiger partial charge is 0.120 e. The molecule has 2 nitrogen and oxygen atoms in total. The second-order valence-corrected chi connectivity index (χ2v) is 2.68. The minimum Gasteiger partial charge on any atom is -0.497 e. The number of benzene rings is 1. The molecule has 0 aliphatic carbocycles. The van der Waals surface area contributed by atoms with Crippen molar-refractivity contribution in [3.05, 3.63) is 36.4 Å². The summed E-state index contributed by atoms with van der Waals surface area (Å²) in [7, 11) is 1.67. The number of nitrogens with one attached hydrogen (secondary N) is 1. The fraction of sp³-hybridized carbons (Fsp3) is 0.273. The lowest BCUT2D eigenvalue weighted by atomic mass is 10.3. The first-order valence-corrected chi connectivity index (χ1v) is 4.36. The highest BCUT2D eigenvalue weighted by Gasteiger charge is 1.92. The van der Waals surface area contributed by atoms with Gasteiger partial charge in [0.15, 0.2) is 0 Å². The molecule has 0 amide bonds. The third kappa shape index (κ3) is 3.20. The van der Waals surface area contributed by atoms with Crippen molar-refractivity contribution in [1.29, 1.82) is 0 Å². The lowest BCUT2D eigenvalue weighted by Crippen LogP contribution is -1.97. The van der Waals surface area contributed by atoms with Crippen LogP contribution < -0.4 is 10.1 Å². The van der Waals surface area contributed by atoms with Crippen LogP contribution in [0.2, 0.25) is 0 Å². The van der Waals surface area contributed by atoms with E-state index in [0.717, 1.165) is 18.0 Å². The topological polar surface area (TPSA) is 21.3 Å². The van der Waals surface area contributed by atoms with Crippen LogP contribution in [0.1, 0.15) is 6.92 Å². The lowest BCUT2D eigenvalue weighted by molar-refractivity contribution is 0.415. The summed E-state index contributed by atoms with van der Waals surface area (Å²) in [4.78, 5) is 0. The Labute approximate surface area is 79.2 Å². The van der Waals surface area contributed by atoms with E-state index >= 15 is 0 Å². The van der Waals surface area contributed by atoms with Crippen molar-refractivity contribution in [2.75, 3.05) is 19.0 Å². The maximum Gasteiger partial charge on any atom is 0.120 e. The zero-order valence-corrected chi connectivity index (χ0v) is 8.08. The number of allylic oxidation sites excluding steroid dienone is 1. The number of hydrogen-bond donors (Lipinski definition) is 1. The van der Waals surface area contributed by atoms with Crippen molar-refractivity contribution >= 4 is 5.69 Å². The molecule has 0 unspecified atom stereocenters. The average molecular weight is 177 g/mol. The number of anilines is 1. The summed E-state index contributed by atoms with van der Waals surface area (Å²) >= 11 is 0. The van der Waals surface area contributed by atoms with Gasteiger partial charge in [0.1, 0.15) is 5.75 Å². The molecule has 1 aromatic carbocycles. The van der Waals surface area contributed by atoms with Crippen LogP contribution in [0.4, 0.5) is 5.69 Å². The SMILES string of the molecule is C/C=C/CNc1cccc(OC)c1. The molecule has 1 N–H and O–H groups in total. The van der Waals surface area contributed by atoms with E-state index in [-0.39, 0.29) is 0 Å². The first-order chi connectivity index (χ1) is 6.36. The second kappa shape index (κ2) is 5.25. The van der Waals surface area contributed by atoms with E-state index in [0.29, 0.717) is 0 Å². The summed E-state index contributed by atoms with van der Waals surface area (Å²) in [5, 5.41) is 3.25. The fourth-order valence-electron chi connectivity index (χ4n) is 1.03. The minimum atomic E-state index is 0.851. The van der Waals surface area contributed by atoms with E-state index in [1.165, 1.54) is 0 Å². The lowest BCUT2D eigenvalue weighted by Gasteiger charge is -2.05. The first kappa shape index (κ1) is 9.65. The molecule has 1 rings (SSSR count). The van der Waals surface area contributed by atoms with E-state index in [2.05, 4.69) is 11.4 Å². The number of ether oxygens (including phenoxy) is 1. The van der Waals surface area contributed by atoms with Gasteiger partial charge in [0.25, 0.3) is 0 Å². The van der Waals surface area contributed by atoms with Gasteiger partial charge in [-0.25, -0.2) is 0 Å². The molecule has 0 aliphatic heterocycles. The Morgan fingerprint density at radius 3 is 3.00 bits per heavy atom. The largest absolute Gasteiger partial charge is 0.497 e. The van der Waals surface area contributed by atoms with Gasteiger partial charge in [0, 0.05) is 18.3 Å². The Morgan fingerprint density at radius 1 is 1.46 bits per heavy atom. The maximum absolute atomic E-state index is 5.10. The summed E-state index contributed by atoms with van der Waals surface area (Å²) in [6.07, 6.45) is 4.09. The zero-order chi connectivity index (χ0) is 9.52. The monoisotopic (exact) mass is 177 g/mol. The summed E-state index contributed by atoms with van der Waals surface area (Å²) in [5.74, 6) is 0.880. The van der Waals surface area contributed by atoms with Crippen LogP contribution in [0.25, 0.3) is 0 Å². The normalized spacial score (nSPS) is 10.3. The molecule has 0 spiro atoms. The van der Waals surface area contributed by atoms with Crippen LogP contribution in [0.3, 0.4) is 0 Å². The molecule has 2 heteroatoms. The molecule has 0 atom stereocenters. The predicted octanol–water partition coefficient (Wildman–Crippen LogP) is 2.68. The average Bonchev–Trinajstić information content (AvgIpc) is 2.19. The Hall–Kier alpha value is -1.44. The summed E-state index contributed by atoms with van der Waals surface area (Å²) in [5.41, 5.74) is 1.08. The van der Waals surface area contributed by atoms with Crippen molar-refractivity contribution in [2.24, 2.45) is 0 Å². The number of methoxy groups -OCH3 is 1. The van der Waals surface area contributed by atoms with Gasteiger partial charge in [0.05, 0.1) is 7.11 Å². The molecule has 0 radical (unpaired) electrons. The van der Waals surface area contributed by atoms with E-state index in [9.17, 15) is 0 Å². The van der Waals surface area contributed by atoms with E-state index in [1.807, 2.05) is 37.3 Å². The van der Waals surface area contributed by atoms with Crippen LogP contribution in [-0.4, -0.2) is 13.7 Å². The Balaban J connectivity index is 2.56. The quantitative estimate of drug-likeness (QED) is 0.714. The fourth-order valence-corrected chi connectivity index (χ4v) is 1.03. The van der Waals surface area contributed by atoms with Crippen LogP contribution in [-0.2, 0) is 0 Å². The van der Waals surface area contributed by atoms with E-state index in [1.54, 1.807) is 7.11 Å². The summed E-state index contributed by atoms with van der Waals surface area (Å²) in [6, 6.07) is 7.90. The molecule has 70 valence electrons. The van der Waals surface area contributed by atoms with Gasteiger partial charge >= 0.3 is 0 Å². The molecule has 0 aromatic heterocycles. The molecule has 0 bridgehead atoms. The molecule has 1 aromatic rings. The van der Waals surface area contributed by atoms with Gasteiger partial charge in [-0.3, -0.25) is 0 Å². The van der Waals surface area contributed by atoms with Crippen LogP contribution in [0, 0.1) is 0 Å². The zero-order valence-electron chi connectivity index (χ0n) is 8.08. The predicted molar refractivity (Wildman–Crippen MR) is 56.3 cm³/mol. The van der Waals surface area contributed by atoms with Gasteiger partial charge in [0.2, 0.25) is 0 Å². The maximum atomic E-state index is 5.10. The van der Waals surface area contributed by atoms with Gasteiger partial charge in [-0.1, -0.05) is 18.2 Å². The molecule has 13 heavy (non-hydrogen) atoms. The summed E-state index contributed by atoms with van der Waals surface area (Å²) in [6.45, 7) is 2.86. The molecule has 0 saturated carbocycles. The van der Waals surface area contributed by atoms with E-state index < -0.39 is 0 Å². The number of rotatable bonds is 4. The van der Waals surface area contributed by atoms with Gasteiger partial charge in [-0.05, 0) is 19.1 Å². The minimum absolute atomic E-state index is 0.851. The van der Waals surface area contributed by atoms with Crippen molar-refractivity contribution in [1.82, 2.24) is 0 Å². The van der Waals surface area contributed by atoms with Crippen molar-refractivity contribution in [2.45, 2.75) is 6.92 Å². The molecular weight excluding hydrogens is 162 g/mol. The van der Waals surface area contributed by atoms with Crippen molar-refractivity contribution in [3.8, 4) is 5.75 Å². The van der Waals surface area contributed by atoms with Crippen molar-refractivity contribution in [3.63, 3.8) is 0 Å².